The Kier molecular flexibility index (Phi) is 5.72. The van der Waals surface area contributed by atoms with Crippen molar-refractivity contribution in [2.75, 3.05) is 18.0 Å². The minimum absolute atomic E-state index is 0.191. The molecular formula is C20H22F3N7O3. The predicted octanol–water partition coefficient (Wildman–Crippen LogP) is 0.633. The van der Waals surface area contributed by atoms with E-state index in [0.29, 0.717) is 31.7 Å². The van der Waals surface area contributed by atoms with E-state index in [9.17, 15) is 27.6 Å². The molecule has 1 N–H and O–H groups in total. The molecule has 176 valence electrons. The highest BCUT2D eigenvalue weighted by Gasteiger charge is 2.31. The van der Waals surface area contributed by atoms with Gasteiger partial charge in [0.1, 0.15) is 12.4 Å². The molecule has 10 nitrogen and oxygen atoms in total. The van der Waals surface area contributed by atoms with Gasteiger partial charge in [-0.05, 0) is 25.0 Å². The van der Waals surface area contributed by atoms with Crippen LogP contribution in [0.3, 0.4) is 0 Å². The van der Waals surface area contributed by atoms with Gasteiger partial charge in [0.05, 0.1) is 11.9 Å². The summed E-state index contributed by atoms with van der Waals surface area (Å²) in [7, 11) is 3.11. The molecule has 1 aliphatic rings. The van der Waals surface area contributed by atoms with Gasteiger partial charge in [0.25, 0.3) is 5.56 Å². The average molecular weight is 465 g/mol. The molecular weight excluding hydrogens is 443 g/mol. The maximum Gasteiger partial charge on any atom is 0.417 e. The molecule has 1 fully saturated rings. The van der Waals surface area contributed by atoms with Gasteiger partial charge < -0.3 is 14.8 Å². The van der Waals surface area contributed by atoms with E-state index in [-0.39, 0.29) is 17.2 Å². The minimum Gasteiger partial charge on any atom is -0.356 e. The summed E-state index contributed by atoms with van der Waals surface area (Å²) in [6.45, 7) is 0.561. The van der Waals surface area contributed by atoms with Crippen LogP contribution in [-0.2, 0) is 31.6 Å². The Labute approximate surface area is 185 Å². The van der Waals surface area contributed by atoms with Crippen molar-refractivity contribution in [2.24, 2.45) is 14.1 Å². The van der Waals surface area contributed by atoms with Crippen molar-refractivity contribution in [1.29, 1.82) is 0 Å². The number of imidazole rings is 1. The standard InChI is InChI=1S/C20H22F3N7O3/c1-27-11-25-17-16(27)18(32)30(19(33)28(17)2)10-15(31)26-13-5-7-29(8-6-13)14-4-3-12(9-24-14)20(21,22)23/h3-4,9,11,13H,5-8,10H2,1-2H3,(H,26,31). The van der Waals surface area contributed by atoms with Crippen molar-refractivity contribution < 1.29 is 18.0 Å². The predicted molar refractivity (Wildman–Crippen MR) is 113 cm³/mol. The molecule has 3 aromatic rings. The highest BCUT2D eigenvalue weighted by molar-refractivity contribution is 5.77. The number of hydrogen-bond donors (Lipinski definition) is 1. The Balaban J connectivity index is 1.39. The van der Waals surface area contributed by atoms with Crippen LogP contribution in [0.1, 0.15) is 18.4 Å². The van der Waals surface area contributed by atoms with Crippen molar-refractivity contribution in [3.8, 4) is 0 Å². The quantitative estimate of drug-likeness (QED) is 0.606. The monoisotopic (exact) mass is 465 g/mol. The fourth-order valence-corrected chi connectivity index (χ4v) is 3.95. The smallest absolute Gasteiger partial charge is 0.356 e. The highest BCUT2D eigenvalue weighted by atomic mass is 19.4. The van der Waals surface area contributed by atoms with Crippen LogP contribution in [0.2, 0.25) is 0 Å². The number of nitrogens with one attached hydrogen (secondary N) is 1. The lowest BCUT2D eigenvalue weighted by molar-refractivity contribution is -0.137. The summed E-state index contributed by atoms with van der Waals surface area (Å²) >= 11 is 0. The summed E-state index contributed by atoms with van der Waals surface area (Å²) in [5.41, 5.74) is -1.56. The van der Waals surface area contributed by atoms with Gasteiger partial charge in [0.2, 0.25) is 5.91 Å². The fourth-order valence-electron chi connectivity index (χ4n) is 3.95. The first-order valence-corrected chi connectivity index (χ1v) is 10.2. The van der Waals surface area contributed by atoms with E-state index in [1.165, 1.54) is 28.6 Å². The van der Waals surface area contributed by atoms with Crippen LogP contribution in [-0.4, -0.2) is 48.7 Å². The average Bonchev–Trinajstić information content (AvgIpc) is 3.17. The zero-order chi connectivity index (χ0) is 23.9. The molecule has 33 heavy (non-hydrogen) atoms. The lowest BCUT2D eigenvalue weighted by Gasteiger charge is -2.33. The Morgan fingerprint density at radius 1 is 1.15 bits per heavy atom. The molecule has 1 amide bonds. The third-order valence-electron chi connectivity index (χ3n) is 5.76. The molecule has 13 heteroatoms. The molecule has 0 atom stereocenters. The van der Waals surface area contributed by atoms with E-state index in [4.69, 9.17) is 0 Å². The van der Waals surface area contributed by atoms with E-state index >= 15 is 0 Å². The van der Waals surface area contributed by atoms with Gasteiger partial charge in [0, 0.05) is 39.4 Å². The number of fused-ring (bicyclic) bond motifs is 1. The Morgan fingerprint density at radius 3 is 2.45 bits per heavy atom. The number of alkyl halides is 3. The van der Waals surface area contributed by atoms with E-state index < -0.39 is 35.4 Å². The highest BCUT2D eigenvalue weighted by Crippen LogP contribution is 2.29. The van der Waals surface area contributed by atoms with Gasteiger partial charge in [-0.2, -0.15) is 13.2 Å². The summed E-state index contributed by atoms with van der Waals surface area (Å²) in [6, 6.07) is 2.13. The first-order chi connectivity index (χ1) is 15.6. The molecule has 0 unspecified atom stereocenters. The molecule has 0 aliphatic carbocycles. The van der Waals surface area contributed by atoms with Crippen molar-refractivity contribution in [3.63, 3.8) is 0 Å². The number of amides is 1. The molecule has 1 aliphatic heterocycles. The first kappa shape index (κ1) is 22.6. The molecule has 4 rings (SSSR count). The molecule has 0 bridgehead atoms. The largest absolute Gasteiger partial charge is 0.417 e. The number of hydrogen-bond acceptors (Lipinski definition) is 6. The van der Waals surface area contributed by atoms with Crippen LogP contribution in [0.15, 0.2) is 34.2 Å². The van der Waals surface area contributed by atoms with Crippen molar-refractivity contribution in [1.82, 2.24) is 29.0 Å². The summed E-state index contributed by atoms with van der Waals surface area (Å²) in [4.78, 5) is 47.6. The van der Waals surface area contributed by atoms with Crippen LogP contribution < -0.4 is 21.5 Å². The summed E-state index contributed by atoms with van der Waals surface area (Å²) in [5.74, 6) is -0.0332. The fraction of sp³-hybridized carbons (Fsp3) is 0.450. The third-order valence-corrected chi connectivity index (χ3v) is 5.76. The summed E-state index contributed by atoms with van der Waals surface area (Å²) < 4.78 is 41.7. The minimum atomic E-state index is -4.44. The van der Waals surface area contributed by atoms with E-state index in [0.717, 1.165) is 16.8 Å². The van der Waals surface area contributed by atoms with E-state index in [1.54, 1.807) is 7.05 Å². The molecule has 4 heterocycles. The van der Waals surface area contributed by atoms with Gasteiger partial charge >= 0.3 is 11.9 Å². The number of pyridine rings is 1. The second-order valence-corrected chi connectivity index (χ2v) is 7.99. The van der Waals surface area contributed by atoms with Crippen molar-refractivity contribution in [3.05, 3.63) is 51.1 Å². The first-order valence-electron chi connectivity index (χ1n) is 10.2. The topological polar surface area (TPSA) is 107 Å². The zero-order valence-corrected chi connectivity index (χ0v) is 18.0. The maximum atomic E-state index is 12.7. The van der Waals surface area contributed by atoms with E-state index in [2.05, 4.69) is 15.3 Å². The number of nitrogens with zero attached hydrogens (tertiary/aromatic N) is 6. The second-order valence-electron chi connectivity index (χ2n) is 7.99. The zero-order valence-electron chi connectivity index (χ0n) is 18.0. The molecule has 0 radical (unpaired) electrons. The molecule has 3 aromatic heterocycles. The number of carbonyl (C=O) groups is 1. The summed E-state index contributed by atoms with van der Waals surface area (Å²) in [6.07, 6.45) is -1.12. The number of aryl methyl sites for hydroxylation is 2. The van der Waals surface area contributed by atoms with Crippen LogP contribution >= 0.6 is 0 Å². The number of piperidine rings is 1. The third kappa shape index (κ3) is 4.34. The number of carbonyl (C=O) groups excluding carboxylic acids is 1. The van der Waals surface area contributed by atoms with Gasteiger partial charge in [-0.3, -0.25) is 14.2 Å². The van der Waals surface area contributed by atoms with Gasteiger partial charge in [-0.15, -0.1) is 0 Å². The van der Waals surface area contributed by atoms with Crippen LogP contribution in [0, 0.1) is 0 Å². The second kappa shape index (κ2) is 8.37. The van der Waals surface area contributed by atoms with Crippen molar-refractivity contribution in [2.45, 2.75) is 31.6 Å². The molecule has 0 spiro atoms. The molecule has 0 aromatic carbocycles. The number of aromatic nitrogens is 5. The number of rotatable bonds is 4. The Hall–Kier alpha value is -3.64. The maximum absolute atomic E-state index is 12.7. The Morgan fingerprint density at radius 2 is 1.85 bits per heavy atom. The Bertz CT molecular complexity index is 1300. The normalized spacial score (nSPS) is 15.2. The SMILES string of the molecule is Cn1cnc2c1c(=O)n(CC(=O)NC1CCN(c3ccc(C(F)(F)F)cn3)CC1)c(=O)n2C. The van der Waals surface area contributed by atoms with Crippen LogP contribution in [0.4, 0.5) is 19.0 Å². The van der Waals surface area contributed by atoms with Crippen LogP contribution in [0.25, 0.3) is 11.2 Å². The number of halogens is 3. The summed E-state index contributed by atoms with van der Waals surface area (Å²) in [5, 5.41) is 2.83. The van der Waals surface area contributed by atoms with Crippen molar-refractivity contribution >= 4 is 22.9 Å². The lowest BCUT2D eigenvalue weighted by Crippen LogP contribution is -2.48. The lowest BCUT2D eigenvalue weighted by atomic mass is 10.0. The molecule has 1 saturated heterocycles. The van der Waals surface area contributed by atoms with Gasteiger partial charge in [0.15, 0.2) is 11.2 Å². The number of anilines is 1. The van der Waals surface area contributed by atoms with Gasteiger partial charge in [-0.25, -0.2) is 19.3 Å². The van der Waals surface area contributed by atoms with Crippen LogP contribution in [0.5, 0.6) is 0 Å². The van der Waals surface area contributed by atoms with E-state index in [1.807, 2.05) is 4.90 Å². The molecule has 0 saturated carbocycles. The van der Waals surface area contributed by atoms with Gasteiger partial charge in [-0.1, -0.05) is 0 Å².